The van der Waals surface area contributed by atoms with Crippen LogP contribution in [0.15, 0.2) is 54.6 Å². The van der Waals surface area contributed by atoms with Crippen LogP contribution in [0.1, 0.15) is 37.0 Å². The molecule has 1 N–H and O–H groups in total. The summed E-state index contributed by atoms with van der Waals surface area (Å²) in [4.78, 5) is 0. The topological polar surface area (TPSA) is 29.5 Å². The summed E-state index contributed by atoms with van der Waals surface area (Å²) in [6.45, 7) is 7.97. The Bertz CT molecular complexity index is 712. The summed E-state index contributed by atoms with van der Waals surface area (Å²) in [7, 11) is 1.64. The molecule has 2 aromatic carbocycles. The Balaban J connectivity index is 2.34. The van der Waals surface area contributed by atoms with Crippen LogP contribution in [0.3, 0.4) is 0 Å². The Morgan fingerprint density at radius 2 is 1.87 bits per heavy atom. The van der Waals surface area contributed by atoms with Crippen molar-refractivity contribution < 1.29 is 9.84 Å². The molecule has 0 saturated carbocycles. The third kappa shape index (κ3) is 4.49. The van der Waals surface area contributed by atoms with Crippen molar-refractivity contribution in [3.63, 3.8) is 0 Å². The molecule has 23 heavy (non-hydrogen) atoms. The summed E-state index contributed by atoms with van der Waals surface area (Å²) >= 11 is 0. The predicted molar refractivity (Wildman–Crippen MR) is 97.8 cm³/mol. The summed E-state index contributed by atoms with van der Waals surface area (Å²) < 4.78 is 5.47. The number of rotatable bonds is 6. The standard InChI is InChI=1S/C21H24O2/c1-15(2)10-11-19-20(22)13-17(14-21(19)23-4)12-16(3)18-8-6-5-7-9-18/h5-9,12-14,22H,1,10-11H2,2-4H3. The number of benzene rings is 2. The molecule has 2 aromatic rings. The van der Waals surface area contributed by atoms with Gasteiger partial charge in [-0.2, -0.15) is 0 Å². The van der Waals surface area contributed by atoms with Gasteiger partial charge in [-0.15, -0.1) is 6.58 Å². The highest BCUT2D eigenvalue weighted by molar-refractivity contribution is 5.81. The fraction of sp³-hybridized carbons (Fsp3) is 0.238. The van der Waals surface area contributed by atoms with Gasteiger partial charge in [-0.1, -0.05) is 42.0 Å². The van der Waals surface area contributed by atoms with E-state index in [2.05, 4.69) is 31.7 Å². The predicted octanol–water partition coefficient (Wildman–Crippen LogP) is 5.47. The Morgan fingerprint density at radius 1 is 1.17 bits per heavy atom. The molecule has 0 unspecified atom stereocenters. The van der Waals surface area contributed by atoms with Crippen molar-refractivity contribution in [2.24, 2.45) is 0 Å². The van der Waals surface area contributed by atoms with E-state index in [1.165, 1.54) is 0 Å². The number of allylic oxidation sites excluding steroid dienone is 2. The first-order valence-corrected chi connectivity index (χ1v) is 7.79. The Hall–Kier alpha value is -2.48. The van der Waals surface area contributed by atoms with Crippen LogP contribution in [0.25, 0.3) is 11.6 Å². The van der Waals surface area contributed by atoms with Crippen molar-refractivity contribution in [1.82, 2.24) is 0 Å². The number of hydrogen-bond acceptors (Lipinski definition) is 2. The molecule has 0 aliphatic carbocycles. The maximum atomic E-state index is 10.4. The van der Waals surface area contributed by atoms with Gasteiger partial charge in [0.05, 0.1) is 7.11 Å². The fourth-order valence-corrected chi connectivity index (χ4v) is 2.54. The molecule has 0 amide bonds. The quantitative estimate of drug-likeness (QED) is 0.566. The summed E-state index contributed by atoms with van der Waals surface area (Å²) in [5.74, 6) is 0.996. The van der Waals surface area contributed by atoms with E-state index >= 15 is 0 Å². The minimum Gasteiger partial charge on any atom is -0.508 e. The van der Waals surface area contributed by atoms with Gasteiger partial charge in [0.1, 0.15) is 11.5 Å². The summed E-state index contributed by atoms with van der Waals surface area (Å²) in [6, 6.07) is 14.0. The highest BCUT2D eigenvalue weighted by atomic mass is 16.5. The lowest BCUT2D eigenvalue weighted by Crippen LogP contribution is -1.95. The van der Waals surface area contributed by atoms with Gasteiger partial charge in [0.25, 0.3) is 0 Å². The lowest BCUT2D eigenvalue weighted by molar-refractivity contribution is 0.399. The van der Waals surface area contributed by atoms with E-state index in [-0.39, 0.29) is 5.75 Å². The van der Waals surface area contributed by atoms with Crippen molar-refractivity contribution in [2.45, 2.75) is 26.7 Å². The Morgan fingerprint density at radius 3 is 2.48 bits per heavy atom. The van der Waals surface area contributed by atoms with Gasteiger partial charge >= 0.3 is 0 Å². The van der Waals surface area contributed by atoms with Crippen LogP contribution in [-0.4, -0.2) is 12.2 Å². The Labute approximate surface area is 138 Å². The fourth-order valence-electron chi connectivity index (χ4n) is 2.54. The van der Waals surface area contributed by atoms with Gasteiger partial charge in [0, 0.05) is 5.56 Å². The second-order valence-electron chi connectivity index (χ2n) is 5.87. The van der Waals surface area contributed by atoms with Crippen molar-refractivity contribution in [3.05, 3.63) is 71.3 Å². The number of phenolic OH excluding ortho intramolecular Hbond substituents is 1. The highest BCUT2D eigenvalue weighted by Crippen LogP contribution is 2.33. The largest absolute Gasteiger partial charge is 0.508 e. The number of ether oxygens (including phenoxy) is 1. The van der Waals surface area contributed by atoms with E-state index in [0.29, 0.717) is 0 Å². The molecule has 2 nitrogen and oxygen atoms in total. The first-order valence-electron chi connectivity index (χ1n) is 7.79. The number of aromatic hydroxyl groups is 1. The first-order chi connectivity index (χ1) is 11.0. The Kier molecular flexibility index (Phi) is 5.64. The lowest BCUT2D eigenvalue weighted by atomic mass is 9.99. The molecule has 120 valence electrons. The molecule has 0 spiro atoms. The van der Waals surface area contributed by atoms with Crippen molar-refractivity contribution >= 4 is 11.6 Å². The van der Waals surface area contributed by atoms with Crippen LogP contribution in [0, 0.1) is 0 Å². The minimum atomic E-state index is 0.276. The molecule has 0 radical (unpaired) electrons. The van der Waals surface area contributed by atoms with Crippen LogP contribution in [0.5, 0.6) is 11.5 Å². The van der Waals surface area contributed by atoms with E-state index in [1.807, 2.05) is 31.2 Å². The molecule has 0 fully saturated rings. The molecule has 0 bridgehead atoms. The van der Waals surface area contributed by atoms with Gasteiger partial charge in [-0.25, -0.2) is 0 Å². The highest BCUT2D eigenvalue weighted by Gasteiger charge is 2.11. The van der Waals surface area contributed by atoms with Crippen molar-refractivity contribution in [3.8, 4) is 11.5 Å². The van der Waals surface area contributed by atoms with Crippen LogP contribution in [-0.2, 0) is 6.42 Å². The molecule has 2 heteroatoms. The van der Waals surface area contributed by atoms with E-state index in [1.54, 1.807) is 13.2 Å². The number of hydrogen-bond donors (Lipinski definition) is 1. The molecule has 0 aliphatic heterocycles. The van der Waals surface area contributed by atoms with Crippen LogP contribution in [0.4, 0.5) is 0 Å². The van der Waals surface area contributed by atoms with Crippen LogP contribution < -0.4 is 4.74 Å². The number of methoxy groups -OCH3 is 1. The molecular weight excluding hydrogens is 284 g/mol. The summed E-state index contributed by atoms with van der Waals surface area (Å²) in [6.07, 6.45) is 3.62. The van der Waals surface area contributed by atoms with Gasteiger partial charge in [-0.05, 0) is 55.5 Å². The van der Waals surface area contributed by atoms with E-state index < -0.39 is 0 Å². The normalized spacial score (nSPS) is 11.3. The summed E-state index contributed by atoms with van der Waals surface area (Å²) in [5.41, 5.74) is 5.17. The van der Waals surface area contributed by atoms with Crippen molar-refractivity contribution in [2.75, 3.05) is 7.11 Å². The monoisotopic (exact) mass is 308 g/mol. The first kappa shape index (κ1) is 16.9. The zero-order chi connectivity index (χ0) is 16.8. The molecule has 2 rings (SSSR count). The molecular formula is C21H24O2. The molecule has 0 aromatic heterocycles. The van der Waals surface area contributed by atoms with E-state index in [4.69, 9.17) is 4.74 Å². The minimum absolute atomic E-state index is 0.276. The average Bonchev–Trinajstić information content (AvgIpc) is 2.54. The van der Waals surface area contributed by atoms with Gasteiger partial charge in [0.15, 0.2) is 0 Å². The SMILES string of the molecule is C=C(C)CCc1c(O)cc(C=C(C)c2ccccc2)cc1OC. The lowest BCUT2D eigenvalue weighted by Gasteiger charge is -2.12. The molecule has 0 heterocycles. The smallest absolute Gasteiger partial charge is 0.126 e. The van der Waals surface area contributed by atoms with Gasteiger partial charge < -0.3 is 9.84 Å². The molecule has 0 atom stereocenters. The second-order valence-corrected chi connectivity index (χ2v) is 5.87. The zero-order valence-electron chi connectivity index (χ0n) is 14.1. The third-order valence-corrected chi connectivity index (χ3v) is 3.84. The summed E-state index contributed by atoms with van der Waals surface area (Å²) in [5, 5.41) is 10.4. The van der Waals surface area contributed by atoms with Crippen LogP contribution >= 0.6 is 0 Å². The van der Waals surface area contributed by atoms with Crippen molar-refractivity contribution in [1.29, 1.82) is 0 Å². The maximum Gasteiger partial charge on any atom is 0.126 e. The van der Waals surface area contributed by atoms with Gasteiger partial charge in [-0.3, -0.25) is 0 Å². The third-order valence-electron chi connectivity index (χ3n) is 3.84. The molecule has 0 aliphatic rings. The zero-order valence-corrected chi connectivity index (χ0v) is 14.1. The molecule has 0 saturated heterocycles. The van der Waals surface area contributed by atoms with Crippen LogP contribution in [0.2, 0.25) is 0 Å². The van der Waals surface area contributed by atoms with E-state index in [9.17, 15) is 5.11 Å². The number of phenols is 1. The average molecular weight is 308 g/mol. The van der Waals surface area contributed by atoms with Gasteiger partial charge in [0.2, 0.25) is 0 Å². The second kappa shape index (κ2) is 7.68. The maximum absolute atomic E-state index is 10.4. The van der Waals surface area contributed by atoms with E-state index in [0.717, 1.165) is 46.4 Å².